The summed E-state index contributed by atoms with van der Waals surface area (Å²) in [5.41, 5.74) is 0. The molecule has 1 N–H and O–H groups in total. The van der Waals surface area contributed by atoms with Crippen molar-refractivity contribution in [1.29, 1.82) is 0 Å². The summed E-state index contributed by atoms with van der Waals surface area (Å²) < 4.78 is 0. The van der Waals surface area contributed by atoms with Gasteiger partial charge in [0.15, 0.2) is 0 Å². The predicted octanol–water partition coefficient (Wildman–Crippen LogP) is 1.93. The van der Waals surface area contributed by atoms with Gasteiger partial charge >= 0.3 is 0 Å². The molecule has 50 valence electrons. The lowest BCUT2D eigenvalue weighted by Gasteiger charge is -2.15. The molecule has 0 aliphatic heterocycles. The third-order valence-corrected chi connectivity index (χ3v) is 4.86. The van der Waals surface area contributed by atoms with E-state index in [0.29, 0.717) is 0 Å². The fraction of sp³-hybridized carbons (Fsp3) is 1.00. The fourth-order valence-corrected chi connectivity index (χ4v) is 2.35. The van der Waals surface area contributed by atoms with Gasteiger partial charge in [-0.25, -0.2) is 0 Å². The molecule has 0 rings (SSSR count). The van der Waals surface area contributed by atoms with Crippen molar-refractivity contribution in [3.63, 3.8) is 0 Å². The molecule has 0 aliphatic carbocycles. The number of halogens is 1. The molecule has 0 amide bonds. The van der Waals surface area contributed by atoms with Gasteiger partial charge in [-0.15, -0.1) is 11.1 Å². The highest BCUT2D eigenvalue weighted by atomic mass is 35.6. The van der Waals surface area contributed by atoms with E-state index in [-0.39, 0.29) is 0 Å². The van der Waals surface area contributed by atoms with E-state index in [1.165, 1.54) is 6.42 Å². The van der Waals surface area contributed by atoms with Crippen molar-refractivity contribution < 1.29 is 0 Å². The van der Waals surface area contributed by atoms with Crippen molar-refractivity contribution in [1.82, 2.24) is 4.98 Å². The zero-order chi connectivity index (χ0) is 6.62. The van der Waals surface area contributed by atoms with E-state index in [4.69, 9.17) is 11.1 Å². The average molecular weight is 152 g/mol. The molecule has 0 aromatic rings. The van der Waals surface area contributed by atoms with Crippen LogP contribution in [0.1, 0.15) is 13.3 Å². The molecular weight excluding hydrogens is 138 g/mol. The lowest BCUT2D eigenvalue weighted by atomic mass is 10.6. The number of nitrogens with one attached hydrogen (secondary N) is 1. The summed E-state index contributed by atoms with van der Waals surface area (Å²) in [5.74, 6) is 0. The highest BCUT2D eigenvalue weighted by Crippen LogP contribution is 2.11. The van der Waals surface area contributed by atoms with Gasteiger partial charge in [-0.3, -0.25) is 0 Å². The van der Waals surface area contributed by atoms with Gasteiger partial charge in [0.05, 0.1) is 0 Å². The SMILES string of the molecule is CCC[Si](C)(Cl)NC. The minimum absolute atomic E-state index is 1.16. The molecule has 0 saturated carbocycles. The van der Waals surface area contributed by atoms with Crippen molar-refractivity contribution in [3.8, 4) is 0 Å². The Labute approximate surface area is 57.2 Å². The van der Waals surface area contributed by atoms with Crippen LogP contribution < -0.4 is 4.98 Å². The predicted molar refractivity (Wildman–Crippen MR) is 41.6 cm³/mol. The Morgan fingerprint density at radius 2 is 2.12 bits per heavy atom. The van der Waals surface area contributed by atoms with Crippen molar-refractivity contribution in [2.75, 3.05) is 7.05 Å². The van der Waals surface area contributed by atoms with Gasteiger partial charge < -0.3 is 4.98 Å². The molecule has 1 nitrogen and oxygen atoms in total. The first-order chi connectivity index (χ1) is 3.62. The second-order valence-electron chi connectivity index (χ2n) is 2.20. The summed E-state index contributed by atoms with van der Waals surface area (Å²) in [5, 5.41) is 0. The molecule has 1 unspecified atom stereocenters. The van der Waals surface area contributed by atoms with Crippen molar-refractivity contribution in [2.45, 2.75) is 25.9 Å². The van der Waals surface area contributed by atoms with E-state index < -0.39 is 7.55 Å². The zero-order valence-corrected chi connectivity index (χ0v) is 7.55. The van der Waals surface area contributed by atoms with Crippen LogP contribution in [0.5, 0.6) is 0 Å². The van der Waals surface area contributed by atoms with Crippen LogP contribution in [0.25, 0.3) is 0 Å². The molecule has 1 atom stereocenters. The first-order valence-corrected chi connectivity index (χ1v) is 6.72. The van der Waals surface area contributed by atoms with Crippen LogP contribution in [-0.4, -0.2) is 14.6 Å². The van der Waals surface area contributed by atoms with Crippen molar-refractivity contribution in [2.24, 2.45) is 0 Å². The van der Waals surface area contributed by atoms with Crippen LogP contribution in [0.2, 0.25) is 12.6 Å². The normalized spacial score (nSPS) is 18.0. The highest BCUT2D eigenvalue weighted by molar-refractivity contribution is 7.18. The maximum atomic E-state index is 6.05. The molecule has 3 heteroatoms. The van der Waals surface area contributed by atoms with Crippen LogP contribution in [0, 0.1) is 0 Å². The van der Waals surface area contributed by atoms with Crippen LogP contribution in [0.4, 0.5) is 0 Å². The Morgan fingerprint density at radius 3 is 2.25 bits per heavy atom. The van der Waals surface area contributed by atoms with E-state index in [1.54, 1.807) is 0 Å². The van der Waals surface area contributed by atoms with Gasteiger partial charge in [-0.1, -0.05) is 13.3 Å². The molecule has 0 bridgehead atoms. The molecule has 0 heterocycles. The van der Waals surface area contributed by atoms with Gasteiger partial charge in [0.2, 0.25) is 7.55 Å². The minimum atomic E-state index is -1.46. The molecule has 8 heavy (non-hydrogen) atoms. The second-order valence-corrected chi connectivity index (χ2v) is 8.09. The smallest absolute Gasteiger partial charge is 0.223 e. The Balaban J connectivity index is 3.37. The summed E-state index contributed by atoms with van der Waals surface area (Å²) in [6.45, 7) is 4.28. The standard InChI is InChI=1S/C5H14ClNSi/c1-4-5-8(3,6)7-2/h7H,4-5H2,1-3H3. The molecule has 0 spiro atoms. The number of hydrogen-bond donors (Lipinski definition) is 1. The summed E-state index contributed by atoms with van der Waals surface area (Å²) >= 11 is 6.05. The Morgan fingerprint density at radius 1 is 1.62 bits per heavy atom. The van der Waals surface area contributed by atoms with Gasteiger partial charge in [0.25, 0.3) is 0 Å². The van der Waals surface area contributed by atoms with Crippen LogP contribution in [-0.2, 0) is 0 Å². The van der Waals surface area contributed by atoms with Crippen LogP contribution in [0.15, 0.2) is 0 Å². The quantitative estimate of drug-likeness (QED) is 0.480. The lowest BCUT2D eigenvalue weighted by Crippen LogP contribution is -2.38. The Hall–Kier alpha value is 0.467. The van der Waals surface area contributed by atoms with Crippen molar-refractivity contribution in [3.05, 3.63) is 0 Å². The molecule has 0 aliphatic rings. The molecule has 0 saturated heterocycles. The summed E-state index contributed by atoms with van der Waals surface area (Å²) in [7, 11) is 0.484. The van der Waals surface area contributed by atoms with E-state index >= 15 is 0 Å². The fourth-order valence-electron chi connectivity index (χ4n) is 0.594. The lowest BCUT2D eigenvalue weighted by molar-refractivity contribution is 1.02. The third kappa shape index (κ3) is 3.47. The van der Waals surface area contributed by atoms with Gasteiger partial charge in [0.1, 0.15) is 0 Å². The third-order valence-electron chi connectivity index (χ3n) is 1.24. The summed E-state index contributed by atoms with van der Waals surface area (Å²) in [6.07, 6.45) is 1.19. The molecule has 0 radical (unpaired) electrons. The van der Waals surface area contributed by atoms with Crippen LogP contribution in [0.3, 0.4) is 0 Å². The Kier molecular flexibility index (Phi) is 3.69. The minimum Gasteiger partial charge on any atom is -0.328 e. The van der Waals surface area contributed by atoms with Gasteiger partial charge in [-0.2, -0.15) is 0 Å². The number of hydrogen-bond acceptors (Lipinski definition) is 1. The monoisotopic (exact) mass is 151 g/mol. The van der Waals surface area contributed by atoms with E-state index in [9.17, 15) is 0 Å². The molecule has 0 aromatic heterocycles. The first kappa shape index (κ1) is 8.47. The van der Waals surface area contributed by atoms with E-state index in [1.807, 2.05) is 7.05 Å². The largest absolute Gasteiger partial charge is 0.328 e. The van der Waals surface area contributed by atoms with Gasteiger partial charge in [-0.05, 0) is 19.6 Å². The molecule has 0 fully saturated rings. The summed E-state index contributed by atoms with van der Waals surface area (Å²) in [6, 6.07) is 1.16. The maximum Gasteiger partial charge on any atom is 0.223 e. The van der Waals surface area contributed by atoms with E-state index in [0.717, 1.165) is 6.04 Å². The van der Waals surface area contributed by atoms with Gasteiger partial charge in [0, 0.05) is 0 Å². The first-order valence-electron chi connectivity index (χ1n) is 3.00. The number of rotatable bonds is 3. The molecular formula is C5H14ClNSi. The topological polar surface area (TPSA) is 12.0 Å². The summed E-state index contributed by atoms with van der Waals surface area (Å²) in [4.78, 5) is 3.15. The highest BCUT2D eigenvalue weighted by Gasteiger charge is 2.19. The van der Waals surface area contributed by atoms with Crippen LogP contribution >= 0.6 is 11.1 Å². The Bertz CT molecular complexity index is 65.4. The van der Waals surface area contributed by atoms with Crippen molar-refractivity contribution >= 4 is 18.6 Å². The van der Waals surface area contributed by atoms with E-state index in [2.05, 4.69) is 18.5 Å². The zero-order valence-electron chi connectivity index (χ0n) is 5.79. The average Bonchev–Trinajstić information content (AvgIpc) is 1.67. The maximum absolute atomic E-state index is 6.05. The second kappa shape index (κ2) is 3.48. The molecule has 0 aromatic carbocycles.